The summed E-state index contributed by atoms with van der Waals surface area (Å²) in [6, 6.07) is 0. The van der Waals surface area contributed by atoms with Crippen molar-refractivity contribution in [1.82, 2.24) is 10.6 Å². The van der Waals surface area contributed by atoms with Gasteiger partial charge in [0.05, 0.1) is 12.0 Å². The highest BCUT2D eigenvalue weighted by atomic mass is 35.5. The molecule has 0 aliphatic carbocycles. The maximum atomic E-state index is 12.0. The lowest BCUT2D eigenvalue weighted by molar-refractivity contribution is -0.125. The second kappa shape index (κ2) is 8.08. The number of carbonyl (C=O) groups is 1. The average Bonchev–Trinajstić information content (AvgIpc) is 2.85. The summed E-state index contributed by atoms with van der Waals surface area (Å²) in [5.74, 6) is 1.41. The third-order valence-corrected chi connectivity index (χ3v) is 4.13. The molecule has 0 spiro atoms. The number of hydrogen-bond acceptors (Lipinski definition) is 3. The van der Waals surface area contributed by atoms with Crippen LogP contribution in [0.15, 0.2) is 0 Å². The highest BCUT2D eigenvalue weighted by molar-refractivity contribution is 5.85. The number of piperidine rings is 1. The Kier molecular flexibility index (Phi) is 7.11. The van der Waals surface area contributed by atoms with E-state index in [2.05, 4.69) is 24.5 Å². The van der Waals surface area contributed by atoms with Crippen molar-refractivity contribution in [2.45, 2.75) is 39.2 Å². The van der Waals surface area contributed by atoms with Gasteiger partial charge in [0.2, 0.25) is 5.91 Å². The Morgan fingerprint density at radius 3 is 2.84 bits per heavy atom. The van der Waals surface area contributed by atoms with Crippen LogP contribution < -0.4 is 10.6 Å². The van der Waals surface area contributed by atoms with E-state index in [1.807, 2.05) is 0 Å². The number of halogens is 1. The van der Waals surface area contributed by atoms with Gasteiger partial charge in [-0.05, 0) is 31.7 Å². The summed E-state index contributed by atoms with van der Waals surface area (Å²) in [7, 11) is 0. The minimum atomic E-state index is 0. The molecular formula is C14H27ClN2O2. The summed E-state index contributed by atoms with van der Waals surface area (Å²) in [5.41, 5.74) is 0. The van der Waals surface area contributed by atoms with E-state index in [0.717, 1.165) is 45.5 Å². The Balaban J connectivity index is 0.00000180. The molecule has 3 atom stereocenters. The number of carbonyl (C=O) groups excluding carboxylic acids is 1. The number of nitrogens with one attached hydrogen (secondary N) is 2. The minimum Gasteiger partial charge on any atom is -0.378 e. The van der Waals surface area contributed by atoms with E-state index in [4.69, 9.17) is 4.74 Å². The molecule has 0 aromatic carbocycles. The number of ether oxygens (including phenoxy) is 1. The van der Waals surface area contributed by atoms with Crippen LogP contribution in [0, 0.1) is 17.8 Å². The molecule has 2 fully saturated rings. The fraction of sp³-hybridized carbons (Fsp3) is 0.929. The largest absolute Gasteiger partial charge is 0.378 e. The van der Waals surface area contributed by atoms with Gasteiger partial charge in [0.15, 0.2) is 0 Å². The van der Waals surface area contributed by atoms with Crippen LogP contribution >= 0.6 is 12.4 Å². The van der Waals surface area contributed by atoms with E-state index < -0.39 is 0 Å². The molecule has 0 bridgehead atoms. The molecular weight excluding hydrogens is 264 g/mol. The summed E-state index contributed by atoms with van der Waals surface area (Å²) in [6.45, 7) is 7.88. The fourth-order valence-electron chi connectivity index (χ4n) is 3.06. The molecule has 2 heterocycles. The standard InChI is InChI=1S/C14H26N2O2.ClH/c1-10(2)13-11(5-7-18-13)9-16-14(17)12-4-3-6-15-8-12;/h10-13,15H,3-9H2,1-2H3,(H,16,17);1H. The second-order valence-corrected chi connectivity index (χ2v) is 5.92. The maximum absolute atomic E-state index is 12.0. The van der Waals surface area contributed by atoms with Gasteiger partial charge in [-0.3, -0.25) is 4.79 Å². The Hall–Kier alpha value is -0.320. The van der Waals surface area contributed by atoms with Gasteiger partial charge in [-0.1, -0.05) is 13.8 Å². The van der Waals surface area contributed by atoms with Crippen molar-refractivity contribution in [1.29, 1.82) is 0 Å². The zero-order chi connectivity index (χ0) is 13.0. The zero-order valence-electron chi connectivity index (χ0n) is 12.0. The molecule has 1 amide bonds. The van der Waals surface area contributed by atoms with Gasteiger partial charge in [0.25, 0.3) is 0 Å². The SMILES string of the molecule is CC(C)C1OCCC1CNC(=O)C1CCCNC1.Cl. The van der Waals surface area contributed by atoms with Gasteiger partial charge in [-0.15, -0.1) is 12.4 Å². The number of rotatable bonds is 4. The molecule has 4 nitrogen and oxygen atoms in total. The van der Waals surface area contributed by atoms with Crippen LogP contribution in [-0.2, 0) is 9.53 Å². The Bertz CT molecular complexity index is 281. The highest BCUT2D eigenvalue weighted by Crippen LogP contribution is 2.26. The summed E-state index contributed by atoms with van der Waals surface area (Å²) in [4.78, 5) is 12.0. The normalized spacial score (nSPS) is 31.0. The van der Waals surface area contributed by atoms with Crippen molar-refractivity contribution in [2.75, 3.05) is 26.2 Å². The predicted octanol–water partition coefficient (Wildman–Crippen LogP) is 1.59. The minimum absolute atomic E-state index is 0. The smallest absolute Gasteiger partial charge is 0.224 e. The van der Waals surface area contributed by atoms with Crippen LogP contribution in [0.1, 0.15) is 33.1 Å². The van der Waals surface area contributed by atoms with Gasteiger partial charge >= 0.3 is 0 Å². The van der Waals surface area contributed by atoms with Crippen molar-refractivity contribution in [2.24, 2.45) is 17.8 Å². The van der Waals surface area contributed by atoms with Crippen LogP contribution in [0.2, 0.25) is 0 Å². The van der Waals surface area contributed by atoms with E-state index in [9.17, 15) is 4.79 Å². The first-order valence-corrected chi connectivity index (χ1v) is 7.28. The molecule has 0 aromatic rings. The van der Waals surface area contributed by atoms with Gasteiger partial charge < -0.3 is 15.4 Å². The van der Waals surface area contributed by atoms with Crippen molar-refractivity contribution < 1.29 is 9.53 Å². The fourth-order valence-corrected chi connectivity index (χ4v) is 3.06. The summed E-state index contributed by atoms with van der Waals surface area (Å²) < 4.78 is 5.74. The monoisotopic (exact) mass is 290 g/mol. The van der Waals surface area contributed by atoms with E-state index in [-0.39, 0.29) is 24.2 Å². The van der Waals surface area contributed by atoms with Crippen molar-refractivity contribution in [3.05, 3.63) is 0 Å². The molecule has 0 aromatic heterocycles. The van der Waals surface area contributed by atoms with Gasteiger partial charge in [-0.25, -0.2) is 0 Å². The summed E-state index contributed by atoms with van der Waals surface area (Å²) >= 11 is 0. The van der Waals surface area contributed by atoms with Crippen molar-refractivity contribution in [3.8, 4) is 0 Å². The van der Waals surface area contributed by atoms with Gasteiger partial charge in [-0.2, -0.15) is 0 Å². The van der Waals surface area contributed by atoms with Crippen LogP contribution in [0.4, 0.5) is 0 Å². The Labute approximate surface area is 122 Å². The lowest BCUT2D eigenvalue weighted by Crippen LogP contribution is -2.43. The molecule has 2 rings (SSSR count). The first-order chi connectivity index (χ1) is 8.68. The predicted molar refractivity (Wildman–Crippen MR) is 78.5 cm³/mol. The second-order valence-electron chi connectivity index (χ2n) is 5.92. The summed E-state index contributed by atoms with van der Waals surface area (Å²) in [5, 5.41) is 6.41. The van der Waals surface area contributed by atoms with Crippen LogP contribution in [-0.4, -0.2) is 38.3 Å². The lowest BCUT2D eigenvalue weighted by atomic mass is 9.92. The first-order valence-electron chi connectivity index (χ1n) is 7.28. The molecule has 2 saturated heterocycles. The van der Waals surface area contributed by atoms with Crippen LogP contribution in [0.3, 0.4) is 0 Å². The van der Waals surface area contributed by atoms with Crippen molar-refractivity contribution >= 4 is 18.3 Å². The van der Waals surface area contributed by atoms with E-state index >= 15 is 0 Å². The van der Waals surface area contributed by atoms with Crippen LogP contribution in [0.5, 0.6) is 0 Å². The van der Waals surface area contributed by atoms with E-state index in [1.165, 1.54) is 0 Å². The zero-order valence-corrected chi connectivity index (χ0v) is 12.8. The molecule has 2 aliphatic heterocycles. The van der Waals surface area contributed by atoms with Crippen LogP contribution in [0.25, 0.3) is 0 Å². The van der Waals surface area contributed by atoms with Gasteiger partial charge in [0.1, 0.15) is 0 Å². The summed E-state index contributed by atoms with van der Waals surface area (Å²) in [6.07, 6.45) is 3.52. The molecule has 112 valence electrons. The molecule has 19 heavy (non-hydrogen) atoms. The van der Waals surface area contributed by atoms with Crippen molar-refractivity contribution in [3.63, 3.8) is 0 Å². The molecule has 2 aliphatic rings. The molecule has 2 N–H and O–H groups in total. The highest BCUT2D eigenvalue weighted by Gasteiger charge is 2.31. The van der Waals surface area contributed by atoms with E-state index in [1.54, 1.807) is 0 Å². The third kappa shape index (κ3) is 4.62. The topological polar surface area (TPSA) is 50.4 Å². The number of amides is 1. The maximum Gasteiger partial charge on any atom is 0.224 e. The molecule has 0 saturated carbocycles. The van der Waals surface area contributed by atoms with E-state index in [0.29, 0.717) is 17.9 Å². The van der Waals surface area contributed by atoms with Gasteiger partial charge in [0, 0.05) is 25.6 Å². The molecule has 3 unspecified atom stereocenters. The molecule has 5 heteroatoms. The quantitative estimate of drug-likeness (QED) is 0.827. The first kappa shape index (κ1) is 16.7. The third-order valence-electron chi connectivity index (χ3n) is 4.13. The lowest BCUT2D eigenvalue weighted by Gasteiger charge is -2.25. The Morgan fingerprint density at radius 2 is 2.21 bits per heavy atom. The molecule has 0 radical (unpaired) electrons. The Morgan fingerprint density at radius 1 is 1.42 bits per heavy atom. The number of hydrogen-bond donors (Lipinski definition) is 2. The average molecular weight is 291 g/mol.